The van der Waals surface area contributed by atoms with E-state index in [-0.39, 0.29) is 12.6 Å². The van der Waals surface area contributed by atoms with Gasteiger partial charge in [0.15, 0.2) is 0 Å². The van der Waals surface area contributed by atoms with Crippen LogP contribution in [0.5, 0.6) is 5.75 Å². The lowest BCUT2D eigenvalue weighted by Crippen LogP contribution is -2.44. The summed E-state index contributed by atoms with van der Waals surface area (Å²) in [6, 6.07) is 11.6. The molecule has 1 saturated heterocycles. The molecule has 3 rings (SSSR count). The summed E-state index contributed by atoms with van der Waals surface area (Å²) in [7, 11) is 3.60. The number of methoxy groups -OCH3 is 1. The molecule has 0 saturated carbocycles. The van der Waals surface area contributed by atoms with Crippen molar-refractivity contribution in [2.24, 2.45) is 7.05 Å². The Labute approximate surface area is 178 Å². The number of hydrogen-bond donors (Lipinski definition) is 2. The van der Waals surface area contributed by atoms with Crippen LogP contribution in [0.1, 0.15) is 43.0 Å². The first kappa shape index (κ1) is 21.9. The molecule has 7 heteroatoms. The normalized spacial score (nSPS) is 15.8. The lowest BCUT2D eigenvalue weighted by molar-refractivity contribution is -0.139. The van der Waals surface area contributed by atoms with Crippen molar-refractivity contribution in [2.45, 2.75) is 38.3 Å². The van der Waals surface area contributed by atoms with Gasteiger partial charge in [-0.2, -0.15) is 0 Å². The average Bonchev–Trinajstić information content (AvgIpc) is 3.01. The minimum Gasteiger partial charge on any atom is -0.496 e. The molecule has 1 aromatic carbocycles. The van der Waals surface area contributed by atoms with Crippen LogP contribution in [0.4, 0.5) is 0 Å². The van der Waals surface area contributed by atoms with Gasteiger partial charge in [-0.05, 0) is 44.1 Å². The molecule has 1 atom stereocenters. The molecule has 1 fully saturated rings. The van der Waals surface area contributed by atoms with E-state index in [4.69, 9.17) is 4.74 Å². The Kier molecular flexibility index (Phi) is 7.90. The van der Waals surface area contributed by atoms with Crippen molar-refractivity contribution < 1.29 is 14.3 Å². The van der Waals surface area contributed by atoms with Gasteiger partial charge in [0, 0.05) is 37.6 Å². The molecular weight excluding hydrogens is 380 g/mol. The molecule has 7 nitrogen and oxygen atoms in total. The number of likely N-dealkylation sites (tertiary alicyclic amines) is 1. The first-order valence-corrected chi connectivity index (χ1v) is 10.6. The lowest BCUT2D eigenvalue weighted by Gasteiger charge is -2.31. The van der Waals surface area contributed by atoms with E-state index >= 15 is 0 Å². The van der Waals surface area contributed by atoms with E-state index in [1.807, 2.05) is 43.6 Å². The van der Waals surface area contributed by atoms with E-state index in [1.165, 1.54) is 12.8 Å². The number of carbonyl (C=O) groups excluding carboxylic acids is 2. The van der Waals surface area contributed by atoms with Crippen molar-refractivity contribution in [1.82, 2.24) is 20.1 Å². The quantitative estimate of drug-likeness (QED) is 0.685. The van der Waals surface area contributed by atoms with Crippen LogP contribution in [-0.4, -0.2) is 48.0 Å². The van der Waals surface area contributed by atoms with Gasteiger partial charge in [0.05, 0.1) is 13.2 Å². The second kappa shape index (κ2) is 10.8. The second-order valence-electron chi connectivity index (χ2n) is 7.71. The zero-order valence-corrected chi connectivity index (χ0v) is 17.9. The number of aryl methyl sites for hydroxylation is 1. The number of nitrogens with zero attached hydrogens (tertiary/aromatic N) is 2. The summed E-state index contributed by atoms with van der Waals surface area (Å²) in [4.78, 5) is 27.2. The molecule has 2 amide bonds. The molecule has 1 unspecified atom stereocenters. The van der Waals surface area contributed by atoms with Crippen LogP contribution in [0.3, 0.4) is 0 Å². The van der Waals surface area contributed by atoms with Gasteiger partial charge in [-0.25, -0.2) is 0 Å². The largest absolute Gasteiger partial charge is 0.496 e. The van der Waals surface area contributed by atoms with Crippen molar-refractivity contribution in [2.75, 3.05) is 26.7 Å². The van der Waals surface area contributed by atoms with Crippen LogP contribution in [0.15, 0.2) is 42.6 Å². The Balaban J connectivity index is 1.59. The maximum atomic E-state index is 12.4. The van der Waals surface area contributed by atoms with Gasteiger partial charge in [-0.15, -0.1) is 0 Å². The minimum absolute atomic E-state index is 0.0501. The summed E-state index contributed by atoms with van der Waals surface area (Å²) < 4.78 is 7.37. The molecule has 0 spiro atoms. The van der Waals surface area contributed by atoms with Crippen molar-refractivity contribution in [3.8, 4) is 5.75 Å². The Bertz CT molecular complexity index is 840. The van der Waals surface area contributed by atoms with Gasteiger partial charge in [0.1, 0.15) is 5.75 Å². The highest BCUT2D eigenvalue weighted by Gasteiger charge is 2.25. The third-order valence-corrected chi connectivity index (χ3v) is 5.70. The van der Waals surface area contributed by atoms with E-state index in [0.717, 1.165) is 37.2 Å². The maximum Gasteiger partial charge on any atom is 0.309 e. The first-order chi connectivity index (χ1) is 14.6. The van der Waals surface area contributed by atoms with Gasteiger partial charge < -0.3 is 19.9 Å². The van der Waals surface area contributed by atoms with Gasteiger partial charge in [0.2, 0.25) is 0 Å². The standard InChI is InChI=1S/C23H32N4O3/c1-26-13-9-11-19(26)20(27-14-7-3-4-8-15-27)17-25-23(29)22(28)24-16-18-10-5-6-12-21(18)30-2/h5-6,9-13,20H,3-4,7-8,14-17H2,1-2H3,(H,24,28)(H,25,29). The molecular formula is C23H32N4O3. The fourth-order valence-electron chi connectivity index (χ4n) is 4.02. The summed E-state index contributed by atoms with van der Waals surface area (Å²) in [5.41, 5.74) is 1.97. The van der Waals surface area contributed by atoms with Gasteiger partial charge in [-0.1, -0.05) is 31.0 Å². The third kappa shape index (κ3) is 5.63. The minimum atomic E-state index is -0.637. The van der Waals surface area contributed by atoms with Crippen LogP contribution in [0.25, 0.3) is 0 Å². The summed E-state index contributed by atoms with van der Waals surface area (Å²) in [6.45, 7) is 2.65. The summed E-state index contributed by atoms with van der Waals surface area (Å²) in [5, 5.41) is 5.53. The number of nitrogens with one attached hydrogen (secondary N) is 2. The number of para-hydroxylation sites is 1. The predicted octanol–water partition coefficient (Wildman–Crippen LogP) is 2.38. The van der Waals surface area contributed by atoms with Crippen LogP contribution < -0.4 is 15.4 Å². The van der Waals surface area contributed by atoms with E-state index in [2.05, 4.69) is 26.2 Å². The predicted molar refractivity (Wildman–Crippen MR) is 116 cm³/mol. The summed E-state index contributed by atoms with van der Waals surface area (Å²) >= 11 is 0. The number of rotatable bonds is 7. The second-order valence-corrected chi connectivity index (χ2v) is 7.71. The highest BCUT2D eigenvalue weighted by Crippen LogP contribution is 2.24. The average molecular weight is 413 g/mol. The fraction of sp³-hybridized carbons (Fsp3) is 0.478. The van der Waals surface area contributed by atoms with Gasteiger partial charge >= 0.3 is 11.8 Å². The molecule has 1 aromatic heterocycles. The fourth-order valence-corrected chi connectivity index (χ4v) is 4.02. The molecule has 2 heterocycles. The molecule has 2 N–H and O–H groups in total. The molecule has 162 valence electrons. The zero-order valence-electron chi connectivity index (χ0n) is 17.9. The van der Waals surface area contributed by atoms with Crippen molar-refractivity contribution in [3.05, 3.63) is 53.9 Å². The number of carbonyl (C=O) groups is 2. The Morgan fingerprint density at radius 2 is 1.70 bits per heavy atom. The van der Waals surface area contributed by atoms with Crippen LogP contribution in [0.2, 0.25) is 0 Å². The first-order valence-electron chi connectivity index (χ1n) is 10.6. The molecule has 0 aliphatic carbocycles. The number of hydrogen-bond acceptors (Lipinski definition) is 4. The molecule has 0 radical (unpaired) electrons. The van der Waals surface area contributed by atoms with E-state index in [9.17, 15) is 9.59 Å². The monoisotopic (exact) mass is 412 g/mol. The molecule has 30 heavy (non-hydrogen) atoms. The van der Waals surface area contributed by atoms with Crippen LogP contribution in [-0.2, 0) is 23.2 Å². The van der Waals surface area contributed by atoms with Crippen LogP contribution >= 0.6 is 0 Å². The number of benzene rings is 1. The molecule has 1 aliphatic rings. The lowest BCUT2D eigenvalue weighted by atomic mass is 10.1. The zero-order chi connectivity index (χ0) is 21.3. The van der Waals surface area contributed by atoms with E-state index in [1.54, 1.807) is 7.11 Å². The highest BCUT2D eigenvalue weighted by atomic mass is 16.5. The van der Waals surface area contributed by atoms with Crippen molar-refractivity contribution >= 4 is 11.8 Å². The smallest absolute Gasteiger partial charge is 0.309 e. The SMILES string of the molecule is COc1ccccc1CNC(=O)C(=O)NCC(c1cccn1C)N1CCCCCC1. The van der Waals surface area contributed by atoms with E-state index in [0.29, 0.717) is 12.3 Å². The highest BCUT2D eigenvalue weighted by molar-refractivity contribution is 6.35. The summed E-state index contributed by atoms with van der Waals surface area (Å²) in [6.07, 6.45) is 6.83. The Hall–Kier alpha value is -2.80. The number of ether oxygens (including phenoxy) is 1. The van der Waals surface area contributed by atoms with E-state index < -0.39 is 11.8 Å². The number of aromatic nitrogens is 1. The Morgan fingerprint density at radius 3 is 2.37 bits per heavy atom. The van der Waals surface area contributed by atoms with Crippen LogP contribution in [0, 0.1) is 0 Å². The van der Waals surface area contributed by atoms with Gasteiger partial charge in [-0.3, -0.25) is 14.5 Å². The molecule has 0 bridgehead atoms. The van der Waals surface area contributed by atoms with Gasteiger partial charge in [0.25, 0.3) is 0 Å². The Morgan fingerprint density at radius 1 is 1.00 bits per heavy atom. The van der Waals surface area contributed by atoms with Crippen molar-refractivity contribution in [1.29, 1.82) is 0 Å². The molecule has 2 aromatic rings. The molecule has 1 aliphatic heterocycles. The summed E-state index contributed by atoms with van der Waals surface area (Å²) in [5.74, 6) is -0.565. The number of amides is 2. The van der Waals surface area contributed by atoms with Crippen molar-refractivity contribution in [3.63, 3.8) is 0 Å². The third-order valence-electron chi connectivity index (χ3n) is 5.70. The topological polar surface area (TPSA) is 75.6 Å². The maximum absolute atomic E-state index is 12.4.